The van der Waals surface area contributed by atoms with E-state index in [1.54, 1.807) is 0 Å². The number of carboxylic acid groups (broad SMARTS) is 1. The molecule has 4 heteroatoms. The number of benzene rings is 4. The summed E-state index contributed by atoms with van der Waals surface area (Å²) in [6.45, 7) is 1.41. The van der Waals surface area contributed by atoms with Crippen LogP contribution in [0.3, 0.4) is 0 Å². The number of nitrogens with zero attached hydrogens (tertiary/aromatic N) is 1. The topological polar surface area (TPSA) is 49.8 Å². The Morgan fingerprint density at radius 1 is 0.939 bits per heavy atom. The van der Waals surface area contributed by atoms with Crippen molar-refractivity contribution in [2.75, 3.05) is 13.1 Å². The summed E-state index contributed by atoms with van der Waals surface area (Å²) in [7, 11) is 0. The van der Waals surface area contributed by atoms with Crippen LogP contribution in [0.15, 0.2) is 72.8 Å². The predicted molar refractivity (Wildman–Crippen MR) is 131 cm³/mol. The molecule has 0 radical (unpaired) electrons. The molecule has 2 aliphatic rings. The van der Waals surface area contributed by atoms with Gasteiger partial charge in [0, 0.05) is 12.5 Å². The van der Waals surface area contributed by atoms with Crippen molar-refractivity contribution < 1.29 is 14.6 Å². The average Bonchev–Trinajstić information content (AvgIpc) is 3.27. The second kappa shape index (κ2) is 8.20. The first-order chi connectivity index (χ1) is 16.2. The van der Waals surface area contributed by atoms with Crippen LogP contribution >= 0.6 is 0 Å². The van der Waals surface area contributed by atoms with E-state index in [9.17, 15) is 9.90 Å². The lowest BCUT2D eigenvalue weighted by Gasteiger charge is -2.38. The van der Waals surface area contributed by atoms with Gasteiger partial charge in [0.1, 0.15) is 0 Å². The Bertz CT molecular complexity index is 1350. The van der Waals surface area contributed by atoms with Gasteiger partial charge in [0.25, 0.3) is 0 Å². The van der Waals surface area contributed by atoms with Crippen molar-refractivity contribution in [2.24, 2.45) is 0 Å². The second-order valence-corrected chi connectivity index (χ2v) is 9.31. The normalized spacial score (nSPS) is 19.9. The monoisotopic (exact) mass is 437 g/mol. The van der Waals surface area contributed by atoms with Crippen molar-refractivity contribution >= 4 is 27.6 Å². The smallest absolute Gasteiger partial charge is 0.407 e. The molecule has 1 aliphatic carbocycles. The van der Waals surface area contributed by atoms with Gasteiger partial charge < -0.3 is 14.7 Å². The van der Waals surface area contributed by atoms with Crippen LogP contribution in [0.2, 0.25) is 0 Å². The molecule has 2 unspecified atom stereocenters. The zero-order chi connectivity index (χ0) is 22.4. The Balaban J connectivity index is 1.32. The minimum Gasteiger partial charge on any atom is -0.465 e. The summed E-state index contributed by atoms with van der Waals surface area (Å²) in [6.07, 6.45) is 1.94. The summed E-state index contributed by atoms with van der Waals surface area (Å²) in [5.74, 6) is 0.172. The number of ether oxygens (including phenoxy) is 1. The van der Waals surface area contributed by atoms with Crippen LogP contribution in [0.4, 0.5) is 4.79 Å². The van der Waals surface area contributed by atoms with Crippen LogP contribution in [0.25, 0.3) is 21.5 Å². The number of rotatable bonds is 4. The van der Waals surface area contributed by atoms with Gasteiger partial charge in [0.15, 0.2) is 0 Å². The first kappa shape index (κ1) is 20.3. The molecule has 1 N–H and O–H groups in total. The Morgan fingerprint density at radius 3 is 2.61 bits per heavy atom. The maximum absolute atomic E-state index is 11.7. The largest absolute Gasteiger partial charge is 0.465 e. The van der Waals surface area contributed by atoms with Crippen LogP contribution in [0.1, 0.15) is 34.6 Å². The summed E-state index contributed by atoms with van der Waals surface area (Å²) in [4.78, 5) is 13.2. The highest BCUT2D eigenvalue weighted by molar-refractivity contribution is 5.93. The Kier molecular flexibility index (Phi) is 5.03. The lowest BCUT2D eigenvalue weighted by Crippen LogP contribution is -2.46. The molecule has 1 aliphatic heterocycles. The van der Waals surface area contributed by atoms with E-state index < -0.39 is 6.09 Å². The molecular formula is C29H27NO3. The van der Waals surface area contributed by atoms with Gasteiger partial charge in [0.05, 0.1) is 19.3 Å². The van der Waals surface area contributed by atoms with Gasteiger partial charge in [-0.2, -0.15) is 0 Å². The van der Waals surface area contributed by atoms with E-state index in [-0.39, 0.29) is 12.0 Å². The second-order valence-electron chi connectivity index (χ2n) is 9.31. The molecule has 4 aromatic carbocycles. The molecule has 33 heavy (non-hydrogen) atoms. The summed E-state index contributed by atoms with van der Waals surface area (Å²) in [5.41, 5.74) is 5.27. The van der Waals surface area contributed by atoms with E-state index in [0.29, 0.717) is 19.7 Å². The number of carbonyl (C=O) groups is 1. The van der Waals surface area contributed by atoms with Crippen molar-refractivity contribution in [3.63, 3.8) is 0 Å². The van der Waals surface area contributed by atoms with E-state index >= 15 is 0 Å². The number of hydrogen-bond acceptors (Lipinski definition) is 2. The van der Waals surface area contributed by atoms with Crippen LogP contribution in [0.5, 0.6) is 0 Å². The fourth-order valence-electron chi connectivity index (χ4n) is 5.74. The molecule has 1 heterocycles. The summed E-state index contributed by atoms with van der Waals surface area (Å²) in [5, 5.41) is 14.8. The number of aryl methyl sites for hydroxylation is 2. The third-order valence-corrected chi connectivity index (χ3v) is 7.42. The zero-order valence-corrected chi connectivity index (χ0v) is 18.5. The highest BCUT2D eigenvalue weighted by atomic mass is 16.5. The van der Waals surface area contributed by atoms with Crippen molar-refractivity contribution in [1.82, 2.24) is 4.90 Å². The number of likely N-dealkylation sites (tertiary alicyclic amines) is 1. The maximum Gasteiger partial charge on any atom is 0.407 e. The van der Waals surface area contributed by atoms with Crippen LogP contribution in [-0.4, -0.2) is 35.3 Å². The molecular weight excluding hydrogens is 410 g/mol. The molecule has 0 saturated carbocycles. The van der Waals surface area contributed by atoms with Gasteiger partial charge in [-0.05, 0) is 69.1 Å². The molecule has 4 aromatic rings. The number of amides is 1. The third-order valence-electron chi connectivity index (χ3n) is 7.42. The summed E-state index contributed by atoms with van der Waals surface area (Å²) in [6, 6.07) is 25.9. The highest BCUT2D eigenvalue weighted by Gasteiger charge is 2.34. The van der Waals surface area contributed by atoms with Crippen molar-refractivity contribution in [2.45, 2.75) is 37.9 Å². The molecule has 166 valence electrons. The SMILES string of the molecule is O=C(O)N1CCC(c2ccc3c4c(cccc24)CC3)C(OCc2ccc3ccccc3c2)C1. The summed E-state index contributed by atoms with van der Waals surface area (Å²) >= 11 is 0. The number of hydrogen-bond donors (Lipinski definition) is 1. The lowest BCUT2D eigenvalue weighted by atomic mass is 9.83. The quantitative estimate of drug-likeness (QED) is 0.417. The van der Waals surface area contributed by atoms with Gasteiger partial charge in [-0.15, -0.1) is 0 Å². The highest BCUT2D eigenvalue weighted by Crippen LogP contribution is 2.39. The van der Waals surface area contributed by atoms with Gasteiger partial charge in [-0.25, -0.2) is 4.79 Å². The summed E-state index contributed by atoms with van der Waals surface area (Å²) < 4.78 is 6.49. The molecule has 0 spiro atoms. The molecule has 1 saturated heterocycles. The Hall–Kier alpha value is -3.37. The predicted octanol–water partition coefficient (Wildman–Crippen LogP) is 6.14. The fourth-order valence-corrected chi connectivity index (χ4v) is 5.74. The standard InChI is InChI=1S/C29H27NO3/c31-29(32)30-15-14-25(24-13-12-22-11-10-21-6-3-7-26(24)28(21)22)27(17-30)33-18-19-8-9-20-4-1-2-5-23(20)16-19/h1-9,12-13,16,25,27H,10-11,14-15,17-18H2,(H,31,32). The molecule has 0 aromatic heterocycles. The van der Waals surface area contributed by atoms with Gasteiger partial charge in [-0.1, -0.05) is 66.7 Å². The first-order valence-electron chi connectivity index (χ1n) is 11.8. The average molecular weight is 438 g/mol. The lowest BCUT2D eigenvalue weighted by molar-refractivity contribution is -0.0196. The molecule has 0 bridgehead atoms. The van der Waals surface area contributed by atoms with E-state index in [4.69, 9.17) is 4.74 Å². The van der Waals surface area contributed by atoms with E-state index in [1.807, 2.05) is 12.1 Å². The molecule has 1 amide bonds. The van der Waals surface area contributed by atoms with Crippen molar-refractivity contribution in [3.05, 3.63) is 95.1 Å². The van der Waals surface area contributed by atoms with E-state index in [0.717, 1.165) is 24.8 Å². The first-order valence-corrected chi connectivity index (χ1v) is 11.8. The Morgan fingerprint density at radius 2 is 1.76 bits per heavy atom. The molecule has 1 fully saturated rings. The van der Waals surface area contributed by atoms with Gasteiger partial charge in [-0.3, -0.25) is 0 Å². The molecule has 6 rings (SSSR count). The van der Waals surface area contributed by atoms with E-state index in [1.165, 1.54) is 43.1 Å². The Labute approximate surface area is 193 Å². The van der Waals surface area contributed by atoms with Crippen LogP contribution in [-0.2, 0) is 24.2 Å². The molecule has 2 atom stereocenters. The minimum atomic E-state index is -0.867. The van der Waals surface area contributed by atoms with Crippen molar-refractivity contribution in [1.29, 1.82) is 0 Å². The number of piperidine rings is 1. The van der Waals surface area contributed by atoms with E-state index in [2.05, 4.69) is 60.7 Å². The maximum atomic E-state index is 11.7. The fraction of sp³-hybridized carbons (Fsp3) is 0.276. The zero-order valence-electron chi connectivity index (χ0n) is 18.5. The van der Waals surface area contributed by atoms with Crippen molar-refractivity contribution in [3.8, 4) is 0 Å². The third kappa shape index (κ3) is 3.65. The minimum absolute atomic E-state index is 0.172. The van der Waals surface area contributed by atoms with Crippen LogP contribution < -0.4 is 0 Å². The van der Waals surface area contributed by atoms with Crippen LogP contribution in [0, 0.1) is 0 Å². The van der Waals surface area contributed by atoms with Gasteiger partial charge in [0.2, 0.25) is 0 Å². The molecule has 4 nitrogen and oxygen atoms in total. The van der Waals surface area contributed by atoms with Gasteiger partial charge >= 0.3 is 6.09 Å². The number of fused-ring (bicyclic) bond motifs is 1.